The second-order valence-corrected chi connectivity index (χ2v) is 6.93. The number of thiophene rings is 1. The third kappa shape index (κ3) is 3.48. The predicted molar refractivity (Wildman–Crippen MR) is 85.7 cm³/mol. The van der Waals surface area contributed by atoms with Gasteiger partial charge < -0.3 is 9.47 Å². The van der Waals surface area contributed by atoms with Crippen LogP contribution in [0.5, 0.6) is 0 Å². The number of hydrogen-bond donors (Lipinski definition) is 0. The lowest BCUT2D eigenvalue weighted by Gasteiger charge is -2.41. The van der Waals surface area contributed by atoms with Crippen LogP contribution in [0.1, 0.15) is 12.0 Å². The maximum Gasteiger partial charge on any atom is 0.0639 e. The lowest BCUT2D eigenvalue weighted by atomic mass is 9.89. The van der Waals surface area contributed by atoms with Crippen molar-refractivity contribution in [3.8, 4) is 0 Å². The summed E-state index contributed by atoms with van der Waals surface area (Å²) in [5.74, 6) is 0.638. The average Bonchev–Trinajstić information content (AvgIpc) is 3.14. The van der Waals surface area contributed by atoms with Crippen LogP contribution >= 0.6 is 11.3 Å². The summed E-state index contributed by atoms with van der Waals surface area (Å²) in [4.78, 5) is 5.20. The van der Waals surface area contributed by atoms with Crippen LogP contribution in [0.4, 0.5) is 0 Å². The minimum absolute atomic E-state index is 0.418. The second kappa shape index (κ2) is 7.20. The Bertz CT molecular complexity index is 426. The molecule has 4 nitrogen and oxygen atoms in total. The molecule has 0 spiro atoms. The molecule has 0 amide bonds. The molecule has 0 aliphatic carbocycles. The average molecular weight is 310 g/mol. The molecular weight excluding hydrogens is 284 g/mol. The van der Waals surface area contributed by atoms with Crippen molar-refractivity contribution in [1.29, 1.82) is 0 Å². The van der Waals surface area contributed by atoms with E-state index in [0.717, 1.165) is 45.8 Å². The SMILES string of the molecule is COCCN1C[C@@H]2[C@@H](OC)CCN(Cc3ccsc3)[C@@H]2C1. The van der Waals surface area contributed by atoms with Crippen LogP contribution in [0.3, 0.4) is 0 Å². The first-order chi connectivity index (χ1) is 10.3. The van der Waals surface area contributed by atoms with Crippen molar-refractivity contribution in [3.63, 3.8) is 0 Å². The molecule has 3 rings (SSSR count). The Morgan fingerprint density at radius 3 is 2.95 bits per heavy atom. The lowest BCUT2D eigenvalue weighted by Crippen LogP contribution is -2.50. The Morgan fingerprint density at radius 1 is 1.33 bits per heavy atom. The summed E-state index contributed by atoms with van der Waals surface area (Å²) in [6.07, 6.45) is 1.57. The summed E-state index contributed by atoms with van der Waals surface area (Å²) in [6.45, 7) is 6.38. The fraction of sp³-hybridized carbons (Fsp3) is 0.750. The van der Waals surface area contributed by atoms with E-state index in [4.69, 9.17) is 9.47 Å². The standard InChI is InChI=1S/C16H26N2O2S/c1-19-7-6-17-10-14-15(11-17)18(5-3-16(14)20-2)9-13-4-8-21-12-13/h4,8,12,14-16H,3,5-7,9-11H2,1-2H3/t14-,15+,16-/m0/s1. The largest absolute Gasteiger partial charge is 0.383 e. The molecule has 2 aliphatic heterocycles. The van der Waals surface area contributed by atoms with E-state index in [9.17, 15) is 0 Å². The molecule has 0 N–H and O–H groups in total. The van der Waals surface area contributed by atoms with E-state index in [1.165, 1.54) is 5.56 Å². The quantitative estimate of drug-likeness (QED) is 0.801. The van der Waals surface area contributed by atoms with Crippen LogP contribution in [0, 0.1) is 5.92 Å². The molecule has 0 saturated carbocycles. The first-order valence-electron chi connectivity index (χ1n) is 7.81. The van der Waals surface area contributed by atoms with Gasteiger partial charge in [-0.2, -0.15) is 11.3 Å². The zero-order chi connectivity index (χ0) is 14.7. The first-order valence-corrected chi connectivity index (χ1v) is 8.75. The number of methoxy groups -OCH3 is 2. The fourth-order valence-corrected chi connectivity index (χ4v) is 4.49. The van der Waals surface area contributed by atoms with Gasteiger partial charge in [0.1, 0.15) is 0 Å². The van der Waals surface area contributed by atoms with Crippen molar-refractivity contribution in [1.82, 2.24) is 9.80 Å². The molecule has 0 bridgehead atoms. The van der Waals surface area contributed by atoms with E-state index >= 15 is 0 Å². The molecule has 21 heavy (non-hydrogen) atoms. The molecule has 118 valence electrons. The maximum absolute atomic E-state index is 5.76. The Morgan fingerprint density at radius 2 is 2.24 bits per heavy atom. The minimum Gasteiger partial charge on any atom is -0.383 e. The highest BCUT2D eigenvalue weighted by atomic mass is 32.1. The summed E-state index contributed by atoms with van der Waals surface area (Å²) in [5.41, 5.74) is 1.45. The summed E-state index contributed by atoms with van der Waals surface area (Å²) in [7, 11) is 3.65. The van der Waals surface area contributed by atoms with Gasteiger partial charge in [0.15, 0.2) is 0 Å². The topological polar surface area (TPSA) is 24.9 Å². The summed E-state index contributed by atoms with van der Waals surface area (Å²) in [6, 6.07) is 2.88. The summed E-state index contributed by atoms with van der Waals surface area (Å²) in [5, 5.41) is 4.45. The highest BCUT2D eigenvalue weighted by Crippen LogP contribution is 2.33. The van der Waals surface area contributed by atoms with E-state index in [2.05, 4.69) is 26.6 Å². The number of rotatable bonds is 6. The summed E-state index contributed by atoms with van der Waals surface area (Å²) < 4.78 is 11.0. The van der Waals surface area contributed by atoms with Crippen molar-refractivity contribution in [2.24, 2.45) is 5.92 Å². The van der Waals surface area contributed by atoms with E-state index in [1.807, 2.05) is 7.11 Å². The molecule has 2 aliphatic rings. The number of likely N-dealkylation sites (tertiary alicyclic amines) is 2. The molecule has 0 radical (unpaired) electrons. The molecule has 5 heteroatoms. The fourth-order valence-electron chi connectivity index (χ4n) is 3.83. The van der Waals surface area contributed by atoms with Gasteiger partial charge in [-0.1, -0.05) is 0 Å². The van der Waals surface area contributed by atoms with Crippen molar-refractivity contribution >= 4 is 11.3 Å². The number of hydrogen-bond acceptors (Lipinski definition) is 5. The normalized spacial score (nSPS) is 30.7. The predicted octanol–water partition coefficient (Wildman–Crippen LogP) is 1.92. The Balaban J connectivity index is 1.66. The van der Waals surface area contributed by atoms with Crippen molar-refractivity contribution in [3.05, 3.63) is 22.4 Å². The molecule has 3 heterocycles. The van der Waals surface area contributed by atoms with Gasteiger partial charge in [0.25, 0.3) is 0 Å². The lowest BCUT2D eigenvalue weighted by molar-refractivity contribution is -0.0245. The van der Waals surface area contributed by atoms with Gasteiger partial charge in [0.05, 0.1) is 12.7 Å². The van der Waals surface area contributed by atoms with E-state index in [-0.39, 0.29) is 0 Å². The molecule has 1 aromatic rings. The van der Waals surface area contributed by atoms with Crippen molar-refractivity contribution < 1.29 is 9.47 Å². The van der Waals surface area contributed by atoms with Crippen LogP contribution in [0.15, 0.2) is 16.8 Å². The Hall–Kier alpha value is -0.460. The third-order valence-electron chi connectivity index (χ3n) is 4.94. The van der Waals surface area contributed by atoms with E-state index in [1.54, 1.807) is 18.4 Å². The zero-order valence-electron chi connectivity index (χ0n) is 13.0. The molecule has 0 aromatic carbocycles. The Labute approximate surface area is 131 Å². The zero-order valence-corrected chi connectivity index (χ0v) is 13.8. The van der Waals surface area contributed by atoms with Gasteiger partial charge >= 0.3 is 0 Å². The molecule has 0 unspecified atom stereocenters. The summed E-state index contributed by atoms with van der Waals surface area (Å²) >= 11 is 1.79. The van der Waals surface area contributed by atoms with Crippen molar-refractivity contribution in [2.45, 2.75) is 25.1 Å². The first kappa shape index (κ1) is 15.4. The van der Waals surface area contributed by atoms with Gasteiger partial charge in [-0.3, -0.25) is 9.80 Å². The number of ether oxygens (including phenoxy) is 2. The van der Waals surface area contributed by atoms with Crippen LogP contribution in [-0.2, 0) is 16.0 Å². The Kier molecular flexibility index (Phi) is 5.29. The molecule has 1 aromatic heterocycles. The molecule has 3 atom stereocenters. The van der Waals surface area contributed by atoms with Crippen LogP contribution in [0.25, 0.3) is 0 Å². The molecule has 2 saturated heterocycles. The smallest absolute Gasteiger partial charge is 0.0639 e. The number of fused-ring (bicyclic) bond motifs is 1. The van der Waals surface area contributed by atoms with Gasteiger partial charge in [0, 0.05) is 58.9 Å². The van der Waals surface area contributed by atoms with Gasteiger partial charge in [-0.05, 0) is 28.8 Å². The monoisotopic (exact) mass is 310 g/mol. The minimum atomic E-state index is 0.418. The second-order valence-electron chi connectivity index (χ2n) is 6.15. The van der Waals surface area contributed by atoms with Crippen molar-refractivity contribution in [2.75, 3.05) is 47.0 Å². The molecule has 2 fully saturated rings. The van der Waals surface area contributed by atoms with Crippen LogP contribution in [0.2, 0.25) is 0 Å². The van der Waals surface area contributed by atoms with Crippen LogP contribution < -0.4 is 0 Å². The molecular formula is C16H26N2O2S. The van der Waals surface area contributed by atoms with E-state index in [0.29, 0.717) is 18.1 Å². The third-order valence-corrected chi connectivity index (χ3v) is 5.67. The van der Waals surface area contributed by atoms with Crippen LogP contribution in [-0.4, -0.2) is 69.0 Å². The van der Waals surface area contributed by atoms with E-state index < -0.39 is 0 Å². The maximum atomic E-state index is 5.76. The highest BCUT2D eigenvalue weighted by molar-refractivity contribution is 7.07. The number of nitrogens with zero attached hydrogens (tertiary/aromatic N) is 2. The van der Waals surface area contributed by atoms with Gasteiger partial charge in [0.2, 0.25) is 0 Å². The van der Waals surface area contributed by atoms with Gasteiger partial charge in [-0.25, -0.2) is 0 Å². The number of piperidine rings is 1. The van der Waals surface area contributed by atoms with Gasteiger partial charge in [-0.15, -0.1) is 0 Å². The highest BCUT2D eigenvalue weighted by Gasteiger charge is 2.44.